The first-order valence-electron chi connectivity index (χ1n) is 10.7. The maximum atomic E-state index is 13.3. The molecule has 2 aromatic heterocycles. The zero-order valence-electron chi connectivity index (χ0n) is 17.7. The second-order valence-corrected chi connectivity index (χ2v) is 7.85. The molecule has 5 aromatic rings. The van der Waals surface area contributed by atoms with Gasteiger partial charge in [-0.05, 0) is 60.9 Å². The summed E-state index contributed by atoms with van der Waals surface area (Å²) in [5, 5.41) is 7.11. The predicted octanol–water partition coefficient (Wildman–Crippen LogP) is 4.37. The molecule has 5 rings (SSSR count). The Morgan fingerprint density at radius 3 is 2.58 bits per heavy atom. The summed E-state index contributed by atoms with van der Waals surface area (Å²) < 4.78 is 14.6. The molecule has 0 unspecified atom stereocenters. The van der Waals surface area contributed by atoms with Crippen molar-refractivity contribution in [2.75, 3.05) is 6.54 Å². The van der Waals surface area contributed by atoms with Crippen LogP contribution in [-0.4, -0.2) is 27.2 Å². The average Bonchev–Trinajstić information content (AvgIpc) is 3.19. The first kappa shape index (κ1) is 20.6. The van der Waals surface area contributed by atoms with E-state index in [2.05, 4.69) is 27.5 Å². The predicted molar refractivity (Wildman–Crippen MR) is 126 cm³/mol. The van der Waals surface area contributed by atoms with Crippen molar-refractivity contribution < 1.29 is 9.18 Å². The van der Waals surface area contributed by atoms with E-state index in [0.717, 1.165) is 12.8 Å². The fourth-order valence-corrected chi connectivity index (χ4v) is 3.91. The number of amides is 1. The van der Waals surface area contributed by atoms with Gasteiger partial charge in [0.05, 0.1) is 22.1 Å². The number of hydrogen-bond donors (Lipinski definition) is 2. The number of benzene rings is 3. The van der Waals surface area contributed by atoms with Gasteiger partial charge in [-0.15, -0.1) is 0 Å². The van der Waals surface area contributed by atoms with E-state index in [9.17, 15) is 14.0 Å². The SMILES string of the molecule is O=C(NCCCc1ccccc1)c1ccc2ncc3c(=O)n(-c4ccc(F)cc4)[nH]c3c2c1. The summed E-state index contributed by atoms with van der Waals surface area (Å²) in [4.78, 5) is 30.0. The van der Waals surface area contributed by atoms with Crippen LogP contribution in [0.5, 0.6) is 0 Å². The minimum absolute atomic E-state index is 0.178. The molecule has 33 heavy (non-hydrogen) atoms. The highest BCUT2D eigenvalue weighted by atomic mass is 19.1. The van der Waals surface area contributed by atoms with E-state index in [1.807, 2.05) is 18.2 Å². The fourth-order valence-electron chi connectivity index (χ4n) is 3.91. The Hall–Kier alpha value is -4.26. The Morgan fingerprint density at radius 2 is 1.79 bits per heavy atom. The zero-order valence-corrected chi connectivity index (χ0v) is 17.7. The summed E-state index contributed by atoms with van der Waals surface area (Å²) in [6.07, 6.45) is 3.24. The lowest BCUT2D eigenvalue weighted by Gasteiger charge is -2.07. The van der Waals surface area contributed by atoms with Crippen molar-refractivity contribution in [2.24, 2.45) is 0 Å². The highest BCUT2D eigenvalue weighted by Gasteiger charge is 2.14. The summed E-state index contributed by atoms with van der Waals surface area (Å²) in [5.41, 5.74) is 3.19. The summed E-state index contributed by atoms with van der Waals surface area (Å²) in [7, 11) is 0. The Kier molecular flexibility index (Phi) is 5.44. The lowest BCUT2D eigenvalue weighted by molar-refractivity contribution is 0.0953. The molecular weight excluding hydrogens is 419 g/mol. The van der Waals surface area contributed by atoms with E-state index >= 15 is 0 Å². The van der Waals surface area contributed by atoms with Crippen LogP contribution in [-0.2, 0) is 6.42 Å². The number of aromatic nitrogens is 3. The van der Waals surface area contributed by atoms with Crippen molar-refractivity contribution in [1.29, 1.82) is 0 Å². The van der Waals surface area contributed by atoms with Crippen molar-refractivity contribution in [2.45, 2.75) is 12.8 Å². The van der Waals surface area contributed by atoms with E-state index in [-0.39, 0.29) is 17.3 Å². The highest BCUT2D eigenvalue weighted by Crippen LogP contribution is 2.22. The molecular formula is C26H21FN4O2. The quantitative estimate of drug-likeness (QED) is 0.385. The van der Waals surface area contributed by atoms with Gasteiger partial charge in [-0.1, -0.05) is 30.3 Å². The van der Waals surface area contributed by atoms with E-state index in [1.54, 1.807) is 18.2 Å². The number of carbonyl (C=O) groups excluding carboxylic acids is 1. The van der Waals surface area contributed by atoms with E-state index < -0.39 is 0 Å². The van der Waals surface area contributed by atoms with E-state index in [0.29, 0.717) is 39.6 Å². The fraction of sp³-hybridized carbons (Fsp3) is 0.115. The Morgan fingerprint density at radius 1 is 1.00 bits per heavy atom. The number of nitrogens with one attached hydrogen (secondary N) is 2. The lowest BCUT2D eigenvalue weighted by Crippen LogP contribution is -2.24. The molecule has 0 aliphatic carbocycles. The Bertz CT molecular complexity index is 1510. The average molecular weight is 440 g/mol. The molecule has 0 bridgehead atoms. The topological polar surface area (TPSA) is 79.8 Å². The van der Waals surface area contributed by atoms with Crippen LogP contribution in [0.3, 0.4) is 0 Å². The van der Waals surface area contributed by atoms with Crippen molar-refractivity contribution in [3.63, 3.8) is 0 Å². The number of pyridine rings is 1. The van der Waals surface area contributed by atoms with Gasteiger partial charge in [0.1, 0.15) is 5.82 Å². The summed E-state index contributed by atoms with van der Waals surface area (Å²) in [5.74, 6) is -0.559. The summed E-state index contributed by atoms with van der Waals surface area (Å²) in [6.45, 7) is 0.562. The maximum Gasteiger partial charge on any atom is 0.280 e. The molecule has 0 spiro atoms. The Labute approximate surface area is 188 Å². The minimum atomic E-state index is -0.380. The third kappa shape index (κ3) is 4.13. The molecule has 0 aliphatic heterocycles. The number of hydrogen-bond acceptors (Lipinski definition) is 3. The van der Waals surface area contributed by atoms with Gasteiger partial charge < -0.3 is 5.32 Å². The maximum absolute atomic E-state index is 13.3. The molecule has 6 nitrogen and oxygen atoms in total. The molecule has 7 heteroatoms. The molecule has 0 fully saturated rings. The van der Waals surface area contributed by atoms with Gasteiger partial charge in [0.2, 0.25) is 0 Å². The van der Waals surface area contributed by atoms with Crippen molar-refractivity contribution in [1.82, 2.24) is 20.1 Å². The van der Waals surface area contributed by atoms with Gasteiger partial charge in [-0.3, -0.25) is 19.7 Å². The molecule has 0 radical (unpaired) electrons. The van der Waals surface area contributed by atoms with E-state index in [4.69, 9.17) is 0 Å². The first-order valence-corrected chi connectivity index (χ1v) is 10.7. The van der Waals surface area contributed by atoms with Gasteiger partial charge in [-0.25, -0.2) is 9.07 Å². The molecule has 1 amide bonds. The van der Waals surface area contributed by atoms with Crippen molar-refractivity contribution in [3.8, 4) is 5.69 Å². The third-order valence-corrected chi connectivity index (χ3v) is 5.64. The number of halogens is 1. The number of fused-ring (bicyclic) bond motifs is 3. The Balaban J connectivity index is 1.41. The standard InChI is InChI=1S/C26H21FN4O2/c27-19-9-11-20(12-10-19)31-26(33)22-16-29-23-13-8-18(15-21(23)24(22)30-31)25(32)28-14-4-7-17-5-2-1-3-6-17/h1-3,5-6,8-13,15-16,30H,4,7,14H2,(H,28,32). The monoisotopic (exact) mass is 440 g/mol. The van der Waals surface area contributed by atoms with Crippen LogP contribution < -0.4 is 10.9 Å². The number of aryl methyl sites for hydroxylation is 1. The molecule has 2 heterocycles. The smallest absolute Gasteiger partial charge is 0.280 e. The van der Waals surface area contributed by atoms with Gasteiger partial charge in [0, 0.05) is 23.7 Å². The number of carbonyl (C=O) groups is 1. The normalized spacial score (nSPS) is 11.2. The number of aromatic amines is 1. The number of nitrogens with zero attached hydrogens (tertiary/aromatic N) is 2. The summed E-state index contributed by atoms with van der Waals surface area (Å²) in [6, 6.07) is 21.0. The molecule has 0 saturated heterocycles. The lowest BCUT2D eigenvalue weighted by atomic mass is 10.1. The minimum Gasteiger partial charge on any atom is -0.352 e. The molecule has 0 atom stereocenters. The number of H-pyrrole nitrogens is 1. The van der Waals surface area contributed by atoms with Crippen LogP contribution in [0.25, 0.3) is 27.5 Å². The van der Waals surface area contributed by atoms with E-state index in [1.165, 1.54) is 40.7 Å². The zero-order chi connectivity index (χ0) is 22.8. The van der Waals surface area contributed by atoms with Crippen LogP contribution in [0.2, 0.25) is 0 Å². The van der Waals surface area contributed by atoms with Crippen LogP contribution in [0, 0.1) is 5.82 Å². The summed E-state index contributed by atoms with van der Waals surface area (Å²) >= 11 is 0. The van der Waals surface area contributed by atoms with Crippen molar-refractivity contribution >= 4 is 27.7 Å². The molecule has 2 N–H and O–H groups in total. The van der Waals surface area contributed by atoms with Gasteiger partial charge in [-0.2, -0.15) is 0 Å². The van der Waals surface area contributed by atoms with Gasteiger partial charge >= 0.3 is 0 Å². The van der Waals surface area contributed by atoms with Crippen LogP contribution in [0.15, 0.2) is 83.8 Å². The number of rotatable bonds is 6. The highest BCUT2D eigenvalue weighted by molar-refractivity contribution is 6.06. The van der Waals surface area contributed by atoms with Crippen LogP contribution in [0.1, 0.15) is 22.3 Å². The van der Waals surface area contributed by atoms with Crippen LogP contribution >= 0.6 is 0 Å². The largest absolute Gasteiger partial charge is 0.352 e. The second-order valence-electron chi connectivity index (χ2n) is 7.85. The molecule has 164 valence electrons. The second kappa shape index (κ2) is 8.70. The molecule has 0 aliphatic rings. The third-order valence-electron chi connectivity index (χ3n) is 5.64. The molecule has 0 saturated carbocycles. The van der Waals surface area contributed by atoms with Crippen molar-refractivity contribution in [3.05, 3.63) is 106 Å². The first-order chi connectivity index (χ1) is 16.1. The molecule has 3 aromatic carbocycles. The van der Waals surface area contributed by atoms with Crippen LogP contribution in [0.4, 0.5) is 4.39 Å². The van der Waals surface area contributed by atoms with Gasteiger partial charge in [0.15, 0.2) is 0 Å². The van der Waals surface area contributed by atoms with Gasteiger partial charge in [0.25, 0.3) is 11.5 Å².